The molecule has 0 amide bonds. The predicted octanol–water partition coefficient (Wildman–Crippen LogP) is 4.11. The number of halogens is 4. The zero-order chi connectivity index (χ0) is 14.9. The molecule has 5 nitrogen and oxygen atoms in total. The standard InChI is InChI=1S/C10H5Cl4N3O2S/c11-5-1-2-7(8(3-5)20(14,18)19)16-9-6(12)4-15-10(13)17-9/h1-4H,(H,15,16,17). The summed E-state index contributed by atoms with van der Waals surface area (Å²) in [5.74, 6) is 0.149. The first-order valence-corrected chi connectivity index (χ1v) is 8.41. The van der Waals surface area contributed by atoms with Crippen molar-refractivity contribution >= 4 is 66.0 Å². The van der Waals surface area contributed by atoms with Crippen LogP contribution in [-0.4, -0.2) is 18.4 Å². The first-order chi connectivity index (χ1) is 9.27. The average molecular weight is 373 g/mol. The highest BCUT2D eigenvalue weighted by Gasteiger charge is 2.17. The van der Waals surface area contributed by atoms with Crippen LogP contribution in [0.3, 0.4) is 0 Å². The molecule has 0 unspecified atom stereocenters. The topological polar surface area (TPSA) is 72.0 Å². The van der Waals surface area contributed by atoms with E-state index in [1.807, 2.05) is 0 Å². The van der Waals surface area contributed by atoms with Gasteiger partial charge in [0.15, 0.2) is 5.82 Å². The van der Waals surface area contributed by atoms with Gasteiger partial charge in [0.2, 0.25) is 5.28 Å². The number of nitrogens with zero attached hydrogens (tertiary/aromatic N) is 2. The Balaban J connectivity index is 2.52. The largest absolute Gasteiger partial charge is 0.338 e. The molecule has 1 aromatic heterocycles. The van der Waals surface area contributed by atoms with Crippen LogP contribution in [-0.2, 0) is 9.05 Å². The lowest BCUT2D eigenvalue weighted by molar-refractivity contribution is 0.610. The number of hydrogen-bond donors (Lipinski definition) is 1. The van der Waals surface area contributed by atoms with Crippen molar-refractivity contribution in [3.8, 4) is 0 Å². The van der Waals surface area contributed by atoms with Gasteiger partial charge in [-0.1, -0.05) is 23.2 Å². The summed E-state index contributed by atoms with van der Waals surface area (Å²) in [6.07, 6.45) is 1.28. The van der Waals surface area contributed by atoms with Crippen LogP contribution in [0, 0.1) is 0 Å². The lowest BCUT2D eigenvalue weighted by Crippen LogP contribution is -2.01. The highest BCUT2D eigenvalue weighted by molar-refractivity contribution is 8.13. The molecule has 0 saturated heterocycles. The van der Waals surface area contributed by atoms with E-state index in [1.54, 1.807) is 0 Å². The molecular formula is C10H5Cl4N3O2S. The van der Waals surface area contributed by atoms with Crippen LogP contribution < -0.4 is 5.32 Å². The maximum atomic E-state index is 11.5. The molecule has 1 heterocycles. The zero-order valence-electron chi connectivity index (χ0n) is 9.44. The Hall–Kier alpha value is -0.790. The van der Waals surface area contributed by atoms with E-state index in [9.17, 15) is 8.42 Å². The van der Waals surface area contributed by atoms with Gasteiger partial charge in [-0.3, -0.25) is 0 Å². The van der Waals surface area contributed by atoms with E-state index >= 15 is 0 Å². The Labute approximate surface area is 134 Å². The van der Waals surface area contributed by atoms with Crippen LogP contribution in [0.15, 0.2) is 29.3 Å². The van der Waals surface area contributed by atoms with Gasteiger partial charge in [0.1, 0.15) is 9.92 Å². The molecule has 0 radical (unpaired) electrons. The number of rotatable bonds is 3. The third-order valence-corrected chi connectivity index (χ3v) is 4.23. The summed E-state index contributed by atoms with van der Waals surface area (Å²) >= 11 is 17.3. The van der Waals surface area contributed by atoms with Crippen LogP contribution in [0.1, 0.15) is 0 Å². The minimum atomic E-state index is -3.99. The van der Waals surface area contributed by atoms with Gasteiger partial charge < -0.3 is 5.32 Å². The first kappa shape index (κ1) is 15.6. The summed E-state index contributed by atoms with van der Waals surface area (Å²) in [4.78, 5) is 7.34. The Kier molecular flexibility index (Phi) is 4.61. The van der Waals surface area contributed by atoms with Gasteiger partial charge in [-0.25, -0.2) is 13.4 Å². The molecule has 2 aromatic rings. The summed E-state index contributed by atoms with van der Waals surface area (Å²) in [5, 5.41) is 3.08. The highest BCUT2D eigenvalue weighted by atomic mass is 35.7. The number of benzene rings is 1. The first-order valence-electron chi connectivity index (χ1n) is 4.96. The van der Waals surface area contributed by atoms with Gasteiger partial charge in [-0.15, -0.1) is 0 Å². The van der Waals surface area contributed by atoms with Crippen LogP contribution in [0.25, 0.3) is 0 Å². The van der Waals surface area contributed by atoms with Gasteiger partial charge in [-0.2, -0.15) is 4.98 Å². The molecule has 0 aliphatic rings. The molecule has 10 heteroatoms. The second-order valence-corrected chi connectivity index (χ2v) is 7.25. The monoisotopic (exact) mass is 371 g/mol. The van der Waals surface area contributed by atoms with E-state index in [2.05, 4.69) is 15.3 Å². The number of hydrogen-bond acceptors (Lipinski definition) is 5. The number of anilines is 2. The van der Waals surface area contributed by atoms with Gasteiger partial charge in [0, 0.05) is 15.7 Å². The fourth-order valence-corrected chi connectivity index (χ4v) is 2.90. The van der Waals surface area contributed by atoms with E-state index < -0.39 is 9.05 Å². The van der Waals surface area contributed by atoms with Gasteiger partial charge in [-0.05, 0) is 29.8 Å². The molecule has 2 rings (SSSR count). The minimum Gasteiger partial charge on any atom is -0.338 e. The van der Waals surface area contributed by atoms with Crippen molar-refractivity contribution in [3.05, 3.63) is 39.7 Å². The molecule has 0 bridgehead atoms. The quantitative estimate of drug-likeness (QED) is 0.648. The van der Waals surface area contributed by atoms with Gasteiger partial charge in [0.05, 0.1) is 11.9 Å². The summed E-state index contributed by atoms with van der Waals surface area (Å²) in [6, 6.07) is 4.14. The normalized spacial score (nSPS) is 11.4. The van der Waals surface area contributed by atoms with Crippen molar-refractivity contribution in [2.45, 2.75) is 4.90 Å². The Morgan fingerprint density at radius 1 is 1.15 bits per heavy atom. The van der Waals surface area contributed by atoms with Gasteiger partial charge >= 0.3 is 0 Å². The van der Waals surface area contributed by atoms with Crippen molar-refractivity contribution in [2.24, 2.45) is 0 Å². The van der Waals surface area contributed by atoms with E-state index in [1.165, 1.54) is 24.4 Å². The second kappa shape index (κ2) is 5.91. The third-order valence-electron chi connectivity index (χ3n) is 2.17. The zero-order valence-corrected chi connectivity index (χ0v) is 13.3. The van der Waals surface area contributed by atoms with Crippen molar-refractivity contribution in [1.82, 2.24) is 9.97 Å². The summed E-state index contributed by atoms with van der Waals surface area (Å²) < 4.78 is 23.0. The lowest BCUT2D eigenvalue weighted by atomic mass is 10.3. The summed E-state index contributed by atoms with van der Waals surface area (Å²) in [7, 11) is 1.36. The van der Waals surface area contributed by atoms with Gasteiger partial charge in [0.25, 0.3) is 9.05 Å². The molecule has 1 N–H and O–H groups in total. The number of aromatic nitrogens is 2. The second-order valence-electron chi connectivity index (χ2n) is 3.54. The third kappa shape index (κ3) is 3.65. The molecule has 0 aliphatic heterocycles. The Morgan fingerprint density at radius 2 is 1.85 bits per heavy atom. The maximum Gasteiger partial charge on any atom is 0.263 e. The molecule has 1 aromatic carbocycles. The fraction of sp³-hybridized carbons (Fsp3) is 0. The van der Waals surface area contributed by atoms with Crippen LogP contribution in [0.5, 0.6) is 0 Å². The maximum absolute atomic E-state index is 11.5. The predicted molar refractivity (Wildman–Crippen MR) is 79.8 cm³/mol. The molecule has 0 saturated carbocycles. The highest BCUT2D eigenvalue weighted by Crippen LogP contribution is 2.31. The molecule has 0 spiro atoms. The minimum absolute atomic E-state index is 0.0406. The molecule has 20 heavy (non-hydrogen) atoms. The average Bonchev–Trinajstić information content (AvgIpc) is 2.34. The summed E-state index contributed by atoms with van der Waals surface area (Å²) in [5.41, 5.74) is 0.168. The van der Waals surface area contributed by atoms with E-state index in [4.69, 9.17) is 45.5 Å². The number of nitrogens with one attached hydrogen (secondary N) is 1. The van der Waals surface area contributed by atoms with Crippen molar-refractivity contribution in [1.29, 1.82) is 0 Å². The van der Waals surface area contributed by atoms with Crippen LogP contribution in [0.4, 0.5) is 11.5 Å². The molecule has 0 atom stereocenters. The fourth-order valence-electron chi connectivity index (χ4n) is 1.36. The van der Waals surface area contributed by atoms with Crippen molar-refractivity contribution in [2.75, 3.05) is 5.32 Å². The molecule has 106 valence electrons. The van der Waals surface area contributed by atoms with Crippen molar-refractivity contribution < 1.29 is 8.42 Å². The molecular weight excluding hydrogens is 368 g/mol. The van der Waals surface area contributed by atoms with E-state index in [-0.39, 0.29) is 31.7 Å². The van der Waals surface area contributed by atoms with Crippen molar-refractivity contribution in [3.63, 3.8) is 0 Å². The lowest BCUT2D eigenvalue weighted by Gasteiger charge is -2.10. The van der Waals surface area contributed by atoms with Crippen LogP contribution in [0.2, 0.25) is 15.3 Å². The van der Waals surface area contributed by atoms with E-state index in [0.717, 1.165) is 0 Å². The summed E-state index contributed by atoms with van der Waals surface area (Å²) in [6.45, 7) is 0. The van der Waals surface area contributed by atoms with Crippen LogP contribution >= 0.6 is 45.5 Å². The Bertz CT molecular complexity index is 767. The molecule has 0 fully saturated rings. The Morgan fingerprint density at radius 3 is 2.50 bits per heavy atom. The van der Waals surface area contributed by atoms with E-state index in [0.29, 0.717) is 0 Å². The molecule has 0 aliphatic carbocycles. The SMILES string of the molecule is O=S(=O)(Cl)c1cc(Cl)ccc1Nc1nc(Cl)ncc1Cl. The smallest absolute Gasteiger partial charge is 0.263 e.